The summed E-state index contributed by atoms with van der Waals surface area (Å²) in [5.41, 5.74) is 2.63. The molecule has 27 heavy (non-hydrogen) atoms. The van der Waals surface area contributed by atoms with Gasteiger partial charge in [-0.1, -0.05) is 24.3 Å². The summed E-state index contributed by atoms with van der Waals surface area (Å²) in [6.07, 6.45) is -0.549. The Hall–Kier alpha value is -2.94. The lowest BCUT2D eigenvalue weighted by Crippen LogP contribution is -2.43. The number of amides is 1. The summed E-state index contributed by atoms with van der Waals surface area (Å²) in [6, 6.07) is 21.2. The van der Waals surface area contributed by atoms with Gasteiger partial charge < -0.3 is 5.32 Å². The second kappa shape index (κ2) is 6.99. The fourth-order valence-electron chi connectivity index (χ4n) is 3.16. The third-order valence-corrected chi connectivity index (χ3v) is 5.15. The van der Waals surface area contributed by atoms with E-state index in [1.165, 1.54) is 12.1 Å². The third kappa shape index (κ3) is 3.25. The number of nitro benzene ring substituents is 1. The first-order valence-corrected chi connectivity index (χ1v) is 9.31. The molecule has 0 saturated heterocycles. The zero-order valence-electron chi connectivity index (χ0n) is 14.0. The van der Waals surface area contributed by atoms with Crippen LogP contribution in [-0.2, 0) is 0 Å². The van der Waals surface area contributed by atoms with Gasteiger partial charge in [0.25, 0.3) is 11.6 Å². The Balaban J connectivity index is 1.86. The lowest BCUT2D eigenvalue weighted by molar-refractivity contribution is -0.384. The minimum Gasteiger partial charge on any atom is -0.360 e. The number of non-ortho nitro benzene ring substituents is 1. The highest BCUT2D eigenvalue weighted by Gasteiger charge is 2.34. The van der Waals surface area contributed by atoms with Crippen LogP contribution in [0.5, 0.6) is 0 Å². The quantitative estimate of drug-likeness (QED) is 0.333. The molecule has 3 aromatic carbocycles. The Morgan fingerprint density at radius 3 is 2.48 bits per heavy atom. The fraction of sp³-hybridized carbons (Fsp3) is 0.0500. The number of anilines is 2. The van der Waals surface area contributed by atoms with Gasteiger partial charge in [0, 0.05) is 32.6 Å². The molecule has 134 valence electrons. The van der Waals surface area contributed by atoms with Crippen molar-refractivity contribution in [3.05, 3.63) is 97.6 Å². The maximum atomic E-state index is 13.3. The zero-order chi connectivity index (χ0) is 19.0. The molecule has 0 fully saturated rings. The van der Waals surface area contributed by atoms with Gasteiger partial charge in [-0.25, -0.2) is 0 Å². The molecule has 4 rings (SSSR count). The Labute approximate surface area is 169 Å². The Bertz CT molecular complexity index is 1040. The monoisotopic (exact) mass is 471 g/mol. The summed E-state index contributed by atoms with van der Waals surface area (Å²) in [5.74, 6) is -0.151. The van der Waals surface area contributed by atoms with E-state index in [4.69, 9.17) is 0 Å². The van der Waals surface area contributed by atoms with Crippen LogP contribution in [0.15, 0.2) is 72.8 Å². The number of nitrogens with zero attached hydrogens (tertiary/aromatic N) is 2. The van der Waals surface area contributed by atoms with Crippen molar-refractivity contribution < 1.29 is 9.72 Å². The highest BCUT2D eigenvalue weighted by atomic mass is 127. The Kier molecular flexibility index (Phi) is 4.53. The van der Waals surface area contributed by atoms with Crippen molar-refractivity contribution in [1.29, 1.82) is 0 Å². The molecule has 6 nitrogen and oxygen atoms in total. The molecule has 0 radical (unpaired) electrons. The van der Waals surface area contributed by atoms with Gasteiger partial charge in [-0.3, -0.25) is 19.8 Å². The average Bonchev–Trinajstić information content (AvgIpc) is 2.69. The first kappa shape index (κ1) is 17.5. The van der Waals surface area contributed by atoms with Gasteiger partial charge in [0.2, 0.25) is 0 Å². The van der Waals surface area contributed by atoms with E-state index in [0.29, 0.717) is 16.8 Å². The molecule has 0 spiro atoms. The molecular weight excluding hydrogens is 457 g/mol. The number of carbonyl (C=O) groups is 1. The van der Waals surface area contributed by atoms with Crippen molar-refractivity contribution in [2.45, 2.75) is 6.17 Å². The van der Waals surface area contributed by atoms with Gasteiger partial charge in [0.05, 0.1) is 10.5 Å². The maximum absolute atomic E-state index is 13.3. The molecular formula is C20H14IN3O3. The first-order chi connectivity index (χ1) is 13.0. The van der Waals surface area contributed by atoms with Crippen LogP contribution in [0, 0.1) is 13.7 Å². The van der Waals surface area contributed by atoms with E-state index >= 15 is 0 Å². The van der Waals surface area contributed by atoms with E-state index in [2.05, 4.69) is 27.9 Å². The molecule has 0 unspecified atom stereocenters. The van der Waals surface area contributed by atoms with Crippen LogP contribution in [0.2, 0.25) is 0 Å². The largest absolute Gasteiger partial charge is 0.360 e. The fourth-order valence-corrected chi connectivity index (χ4v) is 3.52. The summed E-state index contributed by atoms with van der Waals surface area (Å²) in [5, 5.41) is 14.5. The summed E-state index contributed by atoms with van der Waals surface area (Å²) in [7, 11) is 0. The lowest BCUT2D eigenvalue weighted by atomic mass is 10.0. The standard InChI is InChI=1S/C20H14IN3O3/c21-14-8-10-15(11-9-14)23-19(13-4-3-5-16(12-13)24(26)27)22-18-7-2-1-6-17(18)20(23)25/h1-12,19,22H/t19-/m1/s1. The number of nitrogens with one attached hydrogen (secondary N) is 1. The summed E-state index contributed by atoms with van der Waals surface area (Å²) < 4.78 is 1.06. The summed E-state index contributed by atoms with van der Waals surface area (Å²) in [4.78, 5) is 25.6. The third-order valence-electron chi connectivity index (χ3n) is 4.43. The highest BCUT2D eigenvalue weighted by molar-refractivity contribution is 14.1. The molecule has 1 heterocycles. The number of hydrogen-bond donors (Lipinski definition) is 1. The number of carbonyl (C=O) groups excluding carboxylic acids is 1. The summed E-state index contributed by atoms with van der Waals surface area (Å²) in [6.45, 7) is 0. The number of fused-ring (bicyclic) bond motifs is 1. The first-order valence-electron chi connectivity index (χ1n) is 8.23. The molecule has 1 amide bonds. The number of hydrogen-bond acceptors (Lipinski definition) is 4. The van der Waals surface area contributed by atoms with E-state index in [0.717, 1.165) is 9.26 Å². The van der Waals surface area contributed by atoms with Crippen LogP contribution >= 0.6 is 22.6 Å². The van der Waals surface area contributed by atoms with Crippen LogP contribution in [0.25, 0.3) is 0 Å². The van der Waals surface area contributed by atoms with E-state index in [-0.39, 0.29) is 11.6 Å². The Morgan fingerprint density at radius 2 is 1.74 bits per heavy atom. The van der Waals surface area contributed by atoms with Crippen LogP contribution in [0.3, 0.4) is 0 Å². The van der Waals surface area contributed by atoms with Crippen molar-refractivity contribution in [1.82, 2.24) is 0 Å². The molecule has 0 bridgehead atoms. The van der Waals surface area contributed by atoms with Crippen LogP contribution in [-0.4, -0.2) is 10.8 Å². The number of para-hydroxylation sites is 1. The van der Waals surface area contributed by atoms with Crippen molar-refractivity contribution in [2.24, 2.45) is 0 Å². The molecule has 3 aromatic rings. The molecule has 1 aliphatic heterocycles. The maximum Gasteiger partial charge on any atom is 0.269 e. The van der Waals surface area contributed by atoms with Crippen LogP contribution in [0.1, 0.15) is 22.1 Å². The summed E-state index contributed by atoms with van der Waals surface area (Å²) >= 11 is 2.21. The topological polar surface area (TPSA) is 75.5 Å². The van der Waals surface area contributed by atoms with Crippen molar-refractivity contribution in [3.63, 3.8) is 0 Å². The number of benzene rings is 3. The normalized spacial score (nSPS) is 15.8. The molecule has 1 aliphatic rings. The number of halogens is 1. The molecule has 0 saturated carbocycles. The molecule has 7 heteroatoms. The zero-order valence-corrected chi connectivity index (χ0v) is 16.2. The number of nitro groups is 1. The van der Waals surface area contributed by atoms with Gasteiger partial charge in [-0.05, 0) is 59.0 Å². The predicted octanol–water partition coefficient (Wildman–Crippen LogP) is 4.97. The predicted molar refractivity (Wildman–Crippen MR) is 112 cm³/mol. The molecule has 0 aliphatic carbocycles. The number of rotatable bonds is 3. The smallest absolute Gasteiger partial charge is 0.269 e. The second-order valence-electron chi connectivity index (χ2n) is 6.10. The van der Waals surface area contributed by atoms with Gasteiger partial charge >= 0.3 is 0 Å². The SMILES string of the molecule is O=C1c2ccccc2N[C@@H](c2cccc([N+](=O)[O-])c2)N1c1ccc(I)cc1. The van der Waals surface area contributed by atoms with Crippen molar-refractivity contribution in [2.75, 3.05) is 10.2 Å². The van der Waals surface area contributed by atoms with Gasteiger partial charge in [0.1, 0.15) is 6.17 Å². The van der Waals surface area contributed by atoms with E-state index in [1.54, 1.807) is 23.1 Å². The van der Waals surface area contributed by atoms with Gasteiger partial charge in [-0.15, -0.1) is 0 Å². The average molecular weight is 471 g/mol. The minimum atomic E-state index is -0.549. The van der Waals surface area contributed by atoms with Gasteiger partial charge in [0.15, 0.2) is 0 Å². The second-order valence-corrected chi connectivity index (χ2v) is 7.34. The molecule has 1 atom stereocenters. The van der Waals surface area contributed by atoms with Crippen molar-refractivity contribution in [3.8, 4) is 0 Å². The lowest BCUT2D eigenvalue weighted by Gasteiger charge is -2.38. The Morgan fingerprint density at radius 1 is 1.00 bits per heavy atom. The van der Waals surface area contributed by atoms with E-state index in [1.807, 2.05) is 42.5 Å². The van der Waals surface area contributed by atoms with Crippen LogP contribution in [0.4, 0.5) is 17.1 Å². The minimum absolute atomic E-state index is 0.0110. The van der Waals surface area contributed by atoms with Crippen molar-refractivity contribution >= 4 is 45.6 Å². The van der Waals surface area contributed by atoms with Gasteiger partial charge in [-0.2, -0.15) is 0 Å². The van der Waals surface area contributed by atoms with E-state index < -0.39 is 11.1 Å². The highest BCUT2D eigenvalue weighted by Crippen LogP contribution is 2.37. The van der Waals surface area contributed by atoms with E-state index in [9.17, 15) is 14.9 Å². The molecule has 1 N–H and O–H groups in total. The molecule has 0 aromatic heterocycles. The van der Waals surface area contributed by atoms with Crippen LogP contribution < -0.4 is 10.2 Å².